The Balaban J connectivity index is 1.52. The zero-order valence-electron chi connectivity index (χ0n) is 24.9. The van der Waals surface area contributed by atoms with Crippen LogP contribution in [0.5, 0.6) is 0 Å². The van der Waals surface area contributed by atoms with Gasteiger partial charge in [0.05, 0.1) is 24.8 Å². The highest BCUT2D eigenvalue weighted by molar-refractivity contribution is 6.07. The molecule has 3 aromatic rings. The Labute approximate surface area is 255 Å². The molecular formula is C28H32F3N7O7. The van der Waals surface area contributed by atoms with Gasteiger partial charge in [0.2, 0.25) is 5.89 Å². The maximum atomic E-state index is 13.3. The number of rotatable bonds is 8. The fourth-order valence-corrected chi connectivity index (χ4v) is 4.73. The first-order valence-corrected chi connectivity index (χ1v) is 13.8. The molecule has 0 atom stereocenters. The van der Waals surface area contributed by atoms with E-state index < -0.39 is 36.2 Å². The molecule has 0 unspecified atom stereocenters. The zero-order valence-corrected chi connectivity index (χ0v) is 24.9. The molecule has 1 aliphatic rings. The lowest BCUT2D eigenvalue weighted by Gasteiger charge is -2.27. The number of primary amides is 1. The number of pyridine rings is 1. The van der Waals surface area contributed by atoms with Gasteiger partial charge in [-0.15, -0.1) is 0 Å². The number of ether oxygens (including phenoxy) is 2. The lowest BCUT2D eigenvalue weighted by molar-refractivity contribution is -0.146. The molecule has 3 aromatic heterocycles. The molecule has 45 heavy (non-hydrogen) atoms. The fraction of sp³-hybridized carbons (Fsp3) is 0.464. The number of nitrogens with one attached hydrogen (secondary N) is 1. The minimum absolute atomic E-state index is 0.0264. The lowest BCUT2D eigenvalue weighted by atomic mass is 9.86. The van der Waals surface area contributed by atoms with Gasteiger partial charge >= 0.3 is 18.2 Å². The molecular weight excluding hydrogens is 603 g/mol. The van der Waals surface area contributed by atoms with E-state index in [9.17, 15) is 32.3 Å². The van der Waals surface area contributed by atoms with Crippen molar-refractivity contribution >= 4 is 35.4 Å². The first-order valence-electron chi connectivity index (χ1n) is 13.8. The summed E-state index contributed by atoms with van der Waals surface area (Å²) < 4.78 is 56.8. The standard InChI is InChI=1S/C28H32F3N7O7/c1-27(2,3)45-26(42)37(14-28(29,30)31)20-11-16(9-10-33-20)24-35-19(13-44-24)23(40)34-18-12-38(36-21(18)22(32)39)17-7-5-15(6-8-17)25(41)43-4/h9-13,15,17H,5-8,14H2,1-4H3,(H2,32,39)(H,34,40). The van der Waals surface area contributed by atoms with Crippen LogP contribution in [0.3, 0.4) is 0 Å². The van der Waals surface area contributed by atoms with E-state index in [0.717, 1.165) is 18.5 Å². The van der Waals surface area contributed by atoms with Crippen molar-refractivity contribution in [3.05, 3.63) is 42.2 Å². The maximum absolute atomic E-state index is 13.3. The number of amides is 3. The summed E-state index contributed by atoms with van der Waals surface area (Å²) in [5, 5.41) is 6.78. The summed E-state index contributed by atoms with van der Waals surface area (Å²) in [5.41, 5.74) is 4.14. The topological polar surface area (TPSA) is 185 Å². The van der Waals surface area contributed by atoms with Crippen molar-refractivity contribution in [3.8, 4) is 11.5 Å². The average molecular weight is 636 g/mol. The number of nitrogens with two attached hydrogens (primary N) is 1. The SMILES string of the molecule is COC(=O)C1CCC(n2cc(NC(=O)c3coc(-c4ccnc(N(CC(F)(F)F)C(=O)OC(C)(C)C)c4)n3)c(C(N)=O)n2)CC1. The molecule has 4 rings (SSSR count). The molecule has 3 amide bonds. The Kier molecular flexibility index (Phi) is 9.48. The minimum atomic E-state index is -4.76. The number of oxazole rings is 1. The lowest BCUT2D eigenvalue weighted by Crippen LogP contribution is -2.42. The number of carbonyl (C=O) groups excluding carboxylic acids is 4. The van der Waals surface area contributed by atoms with Crippen LogP contribution >= 0.6 is 0 Å². The highest BCUT2D eigenvalue weighted by Crippen LogP contribution is 2.34. The number of esters is 1. The minimum Gasteiger partial charge on any atom is -0.469 e. The van der Waals surface area contributed by atoms with Gasteiger partial charge in [-0.25, -0.2) is 14.8 Å². The number of anilines is 2. The Hall–Kier alpha value is -4.96. The summed E-state index contributed by atoms with van der Waals surface area (Å²) in [6.45, 7) is 2.86. The molecule has 14 nitrogen and oxygen atoms in total. The molecule has 3 N–H and O–H groups in total. The van der Waals surface area contributed by atoms with Gasteiger partial charge in [-0.05, 0) is 58.6 Å². The molecule has 1 aliphatic carbocycles. The second-order valence-electron chi connectivity index (χ2n) is 11.3. The van der Waals surface area contributed by atoms with Crippen LogP contribution in [0.4, 0.5) is 29.5 Å². The van der Waals surface area contributed by atoms with Crippen molar-refractivity contribution in [2.24, 2.45) is 11.7 Å². The highest BCUT2D eigenvalue weighted by Gasteiger charge is 2.37. The van der Waals surface area contributed by atoms with E-state index in [0.29, 0.717) is 30.6 Å². The Bertz CT molecular complexity index is 1570. The van der Waals surface area contributed by atoms with Crippen molar-refractivity contribution < 1.29 is 46.2 Å². The third-order valence-electron chi connectivity index (χ3n) is 6.78. The van der Waals surface area contributed by atoms with Crippen LogP contribution < -0.4 is 16.0 Å². The van der Waals surface area contributed by atoms with Crippen LogP contribution in [0.1, 0.15) is 73.5 Å². The second kappa shape index (κ2) is 13.0. The van der Waals surface area contributed by atoms with E-state index in [-0.39, 0.29) is 52.3 Å². The van der Waals surface area contributed by atoms with E-state index in [2.05, 4.69) is 20.4 Å². The number of nitrogens with zero attached hydrogens (tertiary/aromatic N) is 5. The summed E-state index contributed by atoms with van der Waals surface area (Å²) in [7, 11) is 1.33. The first kappa shape index (κ1) is 32.9. The van der Waals surface area contributed by atoms with Crippen LogP contribution in [0, 0.1) is 5.92 Å². The predicted molar refractivity (Wildman–Crippen MR) is 151 cm³/mol. The van der Waals surface area contributed by atoms with Gasteiger partial charge in [-0.3, -0.25) is 24.0 Å². The second-order valence-corrected chi connectivity index (χ2v) is 11.3. The number of alkyl halides is 3. The molecule has 0 aliphatic heterocycles. The number of aromatic nitrogens is 4. The van der Waals surface area contributed by atoms with E-state index in [1.165, 1.54) is 44.8 Å². The number of methoxy groups -OCH3 is 1. The van der Waals surface area contributed by atoms with Crippen molar-refractivity contribution in [1.82, 2.24) is 19.7 Å². The van der Waals surface area contributed by atoms with Crippen LogP contribution in [-0.2, 0) is 14.3 Å². The number of hydrogen-bond donors (Lipinski definition) is 2. The zero-order chi connectivity index (χ0) is 33.1. The summed E-state index contributed by atoms with van der Waals surface area (Å²) in [6, 6.07) is 2.35. The third-order valence-corrected chi connectivity index (χ3v) is 6.78. The Morgan fingerprint density at radius 2 is 1.84 bits per heavy atom. The van der Waals surface area contributed by atoms with E-state index in [4.69, 9.17) is 19.6 Å². The van der Waals surface area contributed by atoms with Gasteiger partial charge in [-0.1, -0.05) is 0 Å². The summed E-state index contributed by atoms with van der Waals surface area (Å²) in [4.78, 5) is 57.9. The van der Waals surface area contributed by atoms with Crippen LogP contribution in [0.15, 0.2) is 35.2 Å². The predicted octanol–water partition coefficient (Wildman–Crippen LogP) is 4.49. The fourth-order valence-electron chi connectivity index (χ4n) is 4.73. The molecule has 3 heterocycles. The number of carbonyl (C=O) groups is 4. The molecule has 17 heteroatoms. The third kappa shape index (κ3) is 8.36. The van der Waals surface area contributed by atoms with Gasteiger partial charge in [0, 0.05) is 18.0 Å². The first-order chi connectivity index (χ1) is 21.0. The largest absolute Gasteiger partial charge is 0.469 e. The van der Waals surface area contributed by atoms with Gasteiger partial charge in [0.1, 0.15) is 24.2 Å². The maximum Gasteiger partial charge on any atom is 0.416 e. The van der Waals surface area contributed by atoms with Gasteiger partial charge in [0.25, 0.3) is 11.8 Å². The van der Waals surface area contributed by atoms with Gasteiger partial charge < -0.3 is 24.9 Å². The molecule has 0 saturated heterocycles. The number of hydrogen-bond acceptors (Lipinski definition) is 10. The van der Waals surface area contributed by atoms with E-state index in [1.54, 1.807) is 0 Å². The molecule has 0 aromatic carbocycles. The van der Waals surface area contributed by atoms with Crippen molar-refractivity contribution in [2.75, 3.05) is 23.9 Å². The summed E-state index contributed by atoms with van der Waals surface area (Å²) in [6.07, 6.45) is -0.109. The number of halogens is 3. The molecule has 1 fully saturated rings. The molecule has 242 valence electrons. The Morgan fingerprint density at radius 1 is 1.16 bits per heavy atom. The quantitative estimate of drug-likeness (QED) is 0.334. The highest BCUT2D eigenvalue weighted by atomic mass is 19.4. The summed E-state index contributed by atoms with van der Waals surface area (Å²) >= 11 is 0. The van der Waals surface area contributed by atoms with Crippen molar-refractivity contribution in [2.45, 2.75) is 64.3 Å². The molecule has 0 bridgehead atoms. The van der Waals surface area contributed by atoms with Crippen LogP contribution in [0.2, 0.25) is 0 Å². The van der Waals surface area contributed by atoms with Gasteiger partial charge in [0.15, 0.2) is 11.4 Å². The van der Waals surface area contributed by atoms with Crippen LogP contribution in [-0.4, -0.2) is 69.1 Å². The van der Waals surface area contributed by atoms with Gasteiger partial charge in [-0.2, -0.15) is 18.3 Å². The van der Waals surface area contributed by atoms with Crippen molar-refractivity contribution in [1.29, 1.82) is 0 Å². The van der Waals surface area contributed by atoms with E-state index in [1.807, 2.05) is 0 Å². The Morgan fingerprint density at radius 3 is 2.44 bits per heavy atom. The van der Waals surface area contributed by atoms with E-state index >= 15 is 0 Å². The average Bonchev–Trinajstić information content (AvgIpc) is 3.63. The molecule has 1 saturated carbocycles. The smallest absolute Gasteiger partial charge is 0.416 e. The van der Waals surface area contributed by atoms with Crippen molar-refractivity contribution in [3.63, 3.8) is 0 Å². The molecule has 0 spiro atoms. The molecule has 0 radical (unpaired) electrons. The monoisotopic (exact) mass is 635 g/mol. The summed E-state index contributed by atoms with van der Waals surface area (Å²) in [5.74, 6) is -2.72. The van der Waals surface area contributed by atoms with Crippen LogP contribution in [0.25, 0.3) is 11.5 Å². The normalized spacial score (nSPS) is 17.0.